The van der Waals surface area contributed by atoms with E-state index in [1.165, 1.54) is 17.5 Å². The van der Waals surface area contributed by atoms with E-state index in [4.69, 9.17) is 4.42 Å². The Hall–Kier alpha value is -2.59. The first-order valence-electron chi connectivity index (χ1n) is 10.6. The van der Waals surface area contributed by atoms with E-state index in [2.05, 4.69) is 12.1 Å². The molecule has 152 valence electrons. The van der Waals surface area contributed by atoms with Crippen molar-refractivity contribution >= 4 is 16.9 Å². The fraction of sp³-hybridized carbons (Fsp3) is 0.400. The van der Waals surface area contributed by atoms with Crippen LogP contribution in [0.4, 0.5) is 0 Å². The van der Waals surface area contributed by atoms with Crippen molar-refractivity contribution in [3.8, 4) is 0 Å². The molecule has 2 N–H and O–H groups in total. The molecule has 0 amide bonds. The van der Waals surface area contributed by atoms with Crippen LogP contribution in [0.25, 0.3) is 11.0 Å². The number of aliphatic carboxylic acids is 1. The van der Waals surface area contributed by atoms with Gasteiger partial charge in [-0.3, -0.25) is 4.79 Å². The Bertz CT molecular complexity index is 973. The average molecular weight is 392 g/mol. The molecular formula is C25H28O4. The normalized spacial score (nSPS) is 15.8. The van der Waals surface area contributed by atoms with Crippen molar-refractivity contribution in [3.63, 3.8) is 0 Å². The zero-order chi connectivity index (χ0) is 20.2. The number of furan rings is 1. The molecule has 0 bridgehead atoms. The molecule has 4 nitrogen and oxygen atoms in total. The highest BCUT2D eigenvalue weighted by atomic mass is 16.4. The number of aliphatic hydroxyl groups excluding tert-OH is 1. The van der Waals surface area contributed by atoms with Crippen LogP contribution in [0.3, 0.4) is 0 Å². The minimum absolute atomic E-state index is 0.218. The van der Waals surface area contributed by atoms with Crippen LogP contribution in [0.15, 0.2) is 52.9 Å². The molecule has 3 aromatic rings. The Kier molecular flexibility index (Phi) is 6.00. The summed E-state index contributed by atoms with van der Waals surface area (Å²) >= 11 is 0. The van der Waals surface area contributed by atoms with Crippen LogP contribution in [-0.4, -0.2) is 16.2 Å². The minimum Gasteiger partial charge on any atom is -0.481 e. The standard InChI is InChI=1S/C25H28O4/c26-22(15-19(25(27)28)10-6-9-17-7-2-1-3-8-17)18-13-14-21-20-11-4-5-12-23(20)29-24(21)16-18/h1-3,7-8,13-14,16,19,22,26H,4-6,9-12,15H2,(H,27,28). The Morgan fingerprint density at radius 1 is 1.07 bits per heavy atom. The van der Waals surface area contributed by atoms with Crippen molar-refractivity contribution in [2.75, 3.05) is 0 Å². The highest BCUT2D eigenvalue weighted by Crippen LogP contribution is 2.34. The summed E-state index contributed by atoms with van der Waals surface area (Å²) in [5.41, 5.74) is 4.06. The van der Waals surface area contributed by atoms with Gasteiger partial charge in [0.2, 0.25) is 0 Å². The third kappa shape index (κ3) is 4.54. The van der Waals surface area contributed by atoms with Crippen LogP contribution in [0.2, 0.25) is 0 Å². The van der Waals surface area contributed by atoms with Gasteiger partial charge < -0.3 is 14.6 Å². The van der Waals surface area contributed by atoms with E-state index in [0.717, 1.165) is 54.4 Å². The van der Waals surface area contributed by atoms with Crippen molar-refractivity contribution in [1.29, 1.82) is 0 Å². The third-order valence-electron chi connectivity index (χ3n) is 6.08. The summed E-state index contributed by atoms with van der Waals surface area (Å²) in [5, 5.41) is 21.5. The molecule has 2 aromatic carbocycles. The number of carboxylic acids is 1. The topological polar surface area (TPSA) is 70.7 Å². The summed E-state index contributed by atoms with van der Waals surface area (Å²) in [6.07, 6.45) is 5.98. The van der Waals surface area contributed by atoms with E-state index >= 15 is 0 Å². The molecule has 1 aromatic heterocycles. The predicted molar refractivity (Wildman–Crippen MR) is 113 cm³/mol. The van der Waals surface area contributed by atoms with E-state index < -0.39 is 18.0 Å². The van der Waals surface area contributed by atoms with Crippen molar-refractivity contribution < 1.29 is 19.4 Å². The van der Waals surface area contributed by atoms with Gasteiger partial charge in [-0.05, 0) is 62.1 Å². The largest absolute Gasteiger partial charge is 0.481 e. The molecule has 2 unspecified atom stereocenters. The SMILES string of the molecule is O=C(O)C(CCCc1ccccc1)CC(O)c1ccc2c3c(oc2c1)CCCC3. The summed E-state index contributed by atoms with van der Waals surface area (Å²) in [5.74, 6) is -0.330. The lowest BCUT2D eigenvalue weighted by molar-refractivity contribution is -0.143. The van der Waals surface area contributed by atoms with Gasteiger partial charge in [0.05, 0.1) is 12.0 Å². The van der Waals surface area contributed by atoms with E-state index in [-0.39, 0.29) is 6.42 Å². The predicted octanol–water partition coefficient (Wildman–Crippen LogP) is 5.46. The van der Waals surface area contributed by atoms with E-state index in [1.807, 2.05) is 36.4 Å². The van der Waals surface area contributed by atoms with Crippen LogP contribution in [0.5, 0.6) is 0 Å². The molecule has 0 radical (unpaired) electrons. The van der Waals surface area contributed by atoms with Gasteiger partial charge in [0, 0.05) is 17.4 Å². The lowest BCUT2D eigenvalue weighted by Crippen LogP contribution is -2.17. The molecule has 4 heteroatoms. The van der Waals surface area contributed by atoms with E-state index in [9.17, 15) is 15.0 Å². The maximum absolute atomic E-state index is 11.7. The van der Waals surface area contributed by atoms with Crippen molar-refractivity contribution in [2.24, 2.45) is 5.92 Å². The number of hydrogen-bond donors (Lipinski definition) is 2. The zero-order valence-electron chi connectivity index (χ0n) is 16.6. The summed E-state index contributed by atoms with van der Waals surface area (Å²) in [7, 11) is 0. The van der Waals surface area contributed by atoms with Crippen LogP contribution in [-0.2, 0) is 24.1 Å². The molecule has 2 atom stereocenters. The maximum Gasteiger partial charge on any atom is 0.306 e. The number of benzene rings is 2. The third-order valence-corrected chi connectivity index (χ3v) is 6.08. The molecule has 0 saturated heterocycles. The van der Waals surface area contributed by atoms with Crippen molar-refractivity contribution in [3.05, 3.63) is 71.0 Å². The number of carbonyl (C=O) groups is 1. The summed E-state index contributed by atoms with van der Waals surface area (Å²) < 4.78 is 6.02. The summed E-state index contributed by atoms with van der Waals surface area (Å²) in [4.78, 5) is 11.7. The highest BCUT2D eigenvalue weighted by Gasteiger charge is 2.24. The Labute approximate surface area is 171 Å². The van der Waals surface area contributed by atoms with Gasteiger partial charge in [0.15, 0.2) is 0 Å². The first-order chi connectivity index (χ1) is 14.1. The van der Waals surface area contributed by atoms with Gasteiger partial charge in [-0.2, -0.15) is 0 Å². The van der Waals surface area contributed by atoms with Gasteiger partial charge in [0.1, 0.15) is 11.3 Å². The Balaban J connectivity index is 1.41. The molecule has 0 aliphatic heterocycles. The van der Waals surface area contributed by atoms with E-state index in [1.54, 1.807) is 0 Å². The van der Waals surface area contributed by atoms with Gasteiger partial charge in [0.25, 0.3) is 0 Å². The number of aryl methyl sites for hydroxylation is 3. The highest BCUT2D eigenvalue weighted by molar-refractivity contribution is 5.83. The molecule has 1 heterocycles. The molecule has 0 spiro atoms. The first kappa shape index (κ1) is 19.7. The van der Waals surface area contributed by atoms with Crippen LogP contribution in [0.1, 0.15) is 60.7 Å². The minimum atomic E-state index is -0.841. The van der Waals surface area contributed by atoms with Crippen molar-refractivity contribution in [2.45, 2.75) is 57.5 Å². The maximum atomic E-state index is 11.7. The second-order valence-electron chi connectivity index (χ2n) is 8.13. The number of rotatable bonds is 8. The Morgan fingerprint density at radius 2 is 1.86 bits per heavy atom. The molecule has 0 fully saturated rings. The molecule has 29 heavy (non-hydrogen) atoms. The van der Waals surface area contributed by atoms with Crippen LogP contribution >= 0.6 is 0 Å². The summed E-state index contributed by atoms with van der Waals surface area (Å²) in [6, 6.07) is 15.9. The van der Waals surface area contributed by atoms with E-state index in [0.29, 0.717) is 6.42 Å². The number of carboxylic acid groups (broad SMARTS) is 1. The molecular weight excluding hydrogens is 364 g/mol. The fourth-order valence-corrected chi connectivity index (χ4v) is 4.43. The summed E-state index contributed by atoms with van der Waals surface area (Å²) in [6.45, 7) is 0. The monoisotopic (exact) mass is 392 g/mol. The number of fused-ring (bicyclic) bond motifs is 3. The van der Waals surface area contributed by atoms with Crippen molar-refractivity contribution in [1.82, 2.24) is 0 Å². The van der Waals surface area contributed by atoms with Gasteiger partial charge in [-0.25, -0.2) is 0 Å². The molecule has 1 aliphatic carbocycles. The Morgan fingerprint density at radius 3 is 2.66 bits per heavy atom. The quantitative estimate of drug-likeness (QED) is 0.534. The fourth-order valence-electron chi connectivity index (χ4n) is 4.43. The average Bonchev–Trinajstić information content (AvgIpc) is 3.11. The molecule has 1 aliphatic rings. The smallest absolute Gasteiger partial charge is 0.306 e. The molecule has 0 saturated carbocycles. The second-order valence-corrected chi connectivity index (χ2v) is 8.13. The number of hydrogen-bond acceptors (Lipinski definition) is 3. The first-order valence-corrected chi connectivity index (χ1v) is 10.6. The lowest BCUT2D eigenvalue weighted by atomic mass is 9.91. The van der Waals surface area contributed by atoms with Crippen LogP contribution in [0, 0.1) is 5.92 Å². The molecule has 4 rings (SSSR count). The zero-order valence-corrected chi connectivity index (χ0v) is 16.6. The van der Waals surface area contributed by atoms with Gasteiger partial charge in [-0.1, -0.05) is 42.5 Å². The van der Waals surface area contributed by atoms with Gasteiger partial charge >= 0.3 is 5.97 Å². The number of aliphatic hydroxyl groups is 1. The van der Waals surface area contributed by atoms with Crippen LogP contribution < -0.4 is 0 Å². The second kappa shape index (κ2) is 8.83. The van der Waals surface area contributed by atoms with Gasteiger partial charge in [-0.15, -0.1) is 0 Å². The lowest BCUT2D eigenvalue weighted by Gasteiger charge is -2.17.